The maximum absolute atomic E-state index is 14.8. The zero-order valence-corrected chi connectivity index (χ0v) is 13.3. The summed E-state index contributed by atoms with van der Waals surface area (Å²) in [6.07, 6.45) is 0.772. The average molecular weight is 338 g/mol. The first-order valence-electron chi connectivity index (χ1n) is 8.09. The van der Waals surface area contributed by atoms with Crippen LogP contribution in [-0.2, 0) is 21.7 Å². The second-order valence-corrected chi connectivity index (χ2v) is 6.60. The van der Waals surface area contributed by atoms with E-state index >= 15 is 0 Å². The highest BCUT2D eigenvalue weighted by Crippen LogP contribution is 2.49. The highest BCUT2D eigenvalue weighted by Gasteiger charge is 2.50. The minimum Gasteiger partial charge on any atom is -0.376 e. The fourth-order valence-electron chi connectivity index (χ4n) is 3.44. The molecule has 5 nitrogen and oxygen atoms in total. The molecule has 24 heavy (non-hydrogen) atoms. The molecule has 2 fully saturated rings. The summed E-state index contributed by atoms with van der Waals surface area (Å²) in [5.74, 6) is -1.99. The first-order valence-corrected chi connectivity index (χ1v) is 8.09. The second kappa shape index (κ2) is 6.47. The molecule has 1 amide bonds. The smallest absolute Gasteiger partial charge is 0.376 e. The van der Waals surface area contributed by atoms with Crippen LogP contribution >= 0.6 is 0 Å². The first-order chi connectivity index (χ1) is 11.4. The maximum Gasteiger partial charge on any atom is 0.412 e. The predicted octanol–water partition coefficient (Wildman–Crippen LogP) is 2.62. The molecule has 1 aromatic rings. The fraction of sp³-hybridized carbons (Fsp3) is 0.529. The number of primary amides is 1. The Labute approximate surface area is 138 Å². The van der Waals surface area contributed by atoms with Gasteiger partial charge in [0.25, 0.3) is 0 Å². The molecule has 2 N–H and O–H groups in total. The van der Waals surface area contributed by atoms with Crippen molar-refractivity contribution >= 4 is 12.1 Å². The maximum atomic E-state index is 14.8. The molecule has 0 radical (unpaired) electrons. The summed E-state index contributed by atoms with van der Waals surface area (Å²) in [4.78, 5) is 24.2. The van der Waals surface area contributed by atoms with Gasteiger partial charge in [0, 0.05) is 12.1 Å². The van der Waals surface area contributed by atoms with Crippen LogP contribution in [0.1, 0.15) is 36.8 Å². The highest BCUT2D eigenvalue weighted by atomic mass is 19.1. The summed E-state index contributed by atoms with van der Waals surface area (Å²) in [5, 5.41) is 0. The van der Waals surface area contributed by atoms with E-state index in [0.29, 0.717) is 12.1 Å². The predicted molar refractivity (Wildman–Crippen MR) is 82.1 cm³/mol. The van der Waals surface area contributed by atoms with E-state index in [9.17, 15) is 18.4 Å². The lowest BCUT2D eigenvalue weighted by Crippen LogP contribution is -2.43. The third-order valence-electron chi connectivity index (χ3n) is 4.84. The summed E-state index contributed by atoms with van der Waals surface area (Å²) in [6.45, 7) is 2.44. The monoisotopic (exact) mass is 338 g/mol. The molecule has 0 unspecified atom stereocenters. The molecule has 0 bridgehead atoms. The van der Waals surface area contributed by atoms with Gasteiger partial charge >= 0.3 is 12.1 Å². The van der Waals surface area contributed by atoms with E-state index in [1.807, 2.05) is 0 Å². The molecule has 1 saturated heterocycles. The average Bonchev–Trinajstić information content (AvgIpc) is 2.98. The van der Waals surface area contributed by atoms with Crippen LogP contribution in [0, 0.1) is 11.7 Å². The molecule has 0 aromatic heterocycles. The van der Waals surface area contributed by atoms with E-state index in [1.165, 1.54) is 6.07 Å². The molecule has 0 atom stereocenters. The molecular formula is C17H20F2N2O3. The minimum absolute atomic E-state index is 0.135. The lowest BCUT2D eigenvalue weighted by atomic mass is 9.68. The van der Waals surface area contributed by atoms with E-state index < -0.39 is 29.5 Å². The summed E-state index contributed by atoms with van der Waals surface area (Å²) < 4.78 is 33.3. The molecule has 7 heteroatoms. The molecule has 1 aliphatic heterocycles. The van der Waals surface area contributed by atoms with Crippen LogP contribution in [0.5, 0.6) is 0 Å². The highest BCUT2D eigenvalue weighted by molar-refractivity contribution is 5.85. The van der Waals surface area contributed by atoms with E-state index in [1.54, 1.807) is 12.1 Å². The SMILES string of the molecule is NC(=O)OC(=O)C1CC(F)(c2ccc(CN3CCCC3)c(F)c2)C1. The Morgan fingerprint density at radius 3 is 2.54 bits per heavy atom. The van der Waals surface area contributed by atoms with Gasteiger partial charge in [-0.3, -0.25) is 9.69 Å². The first kappa shape index (κ1) is 16.8. The number of hydrogen-bond donors (Lipinski definition) is 1. The van der Waals surface area contributed by atoms with Crippen LogP contribution < -0.4 is 5.73 Å². The van der Waals surface area contributed by atoms with Crippen LogP contribution in [0.3, 0.4) is 0 Å². The zero-order chi connectivity index (χ0) is 17.3. The Bertz CT molecular complexity index is 653. The molecule has 2 aliphatic rings. The van der Waals surface area contributed by atoms with E-state index in [0.717, 1.165) is 25.9 Å². The van der Waals surface area contributed by atoms with Gasteiger partial charge in [-0.25, -0.2) is 13.6 Å². The lowest BCUT2D eigenvalue weighted by molar-refractivity contribution is -0.152. The van der Waals surface area contributed by atoms with E-state index in [-0.39, 0.29) is 18.4 Å². The number of hydrogen-bond acceptors (Lipinski definition) is 4. The number of halogens is 2. The molecule has 130 valence electrons. The summed E-state index contributed by atoms with van der Waals surface area (Å²) in [7, 11) is 0. The van der Waals surface area contributed by atoms with Crippen LogP contribution in [-0.4, -0.2) is 30.1 Å². The molecule has 0 spiro atoms. The van der Waals surface area contributed by atoms with Crippen molar-refractivity contribution in [2.45, 2.75) is 37.9 Å². The van der Waals surface area contributed by atoms with Crippen molar-refractivity contribution in [3.05, 3.63) is 35.1 Å². The van der Waals surface area contributed by atoms with Crippen molar-refractivity contribution in [2.75, 3.05) is 13.1 Å². The number of amides is 1. The van der Waals surface area contributed by atoms with Crippen molar-refractivity contribution in [2.24, 2.45) is 11.7 Å². The number of rotatable bonds is 4. The number of benzene rings is 1. The number of nitrogens with two attached hydrogens (primary N) is 1. The number of nitrogens with zero attached hydrogens (tertiary/aromatic N) is 1. The summed E-state index contributed by atoms with van der Waals surface area (Å²) >= 11 is 0. The Balaban J connectivity index is 1.64. The lowest BCUT2D eigenvalue weighted by Gasteiger charge is -2.40. The molecule has 1 aliphatic carbocycles. The Hall–Kier alpha value is -2.02. The Morgan fingerprint density at radius 1 is 1.29 bits per heavy atom. The molecule has 3 rings (SSSR count). The molecule has 1 heterocycles. The number of carbonyl (C=O) groups is 2. The van der Waals surface area contributed by atoms with Gasteiger partial charge in [0.05, 0.1) is 5.92 Å². The van der Waals surface area contributed by atoms with E-state index in [2.05, 4.69) is 9.64 Å². The van der Waals surface area contributed by atoms with Gasteiger partial charge < -0.3 is 10.5 Å². The van der Waals surface area contributed by atoms with Crippen LogP contribution in [0.2, 0.25) is 0 Å². The normalized spacial score (nSPS) is 26.8. The number of esters is 1. The van der Waals surface area contributed by atoms with Gasteiger partial charge in [-0.05, 0) is 50.4 Å². The topological polar surface area (TPSA) is 72.6 Å². The van der Waals surface area contributed by atoms with Gasteiger partial charge in [-0.1, -0.05) is 12.1 Å². The summed E-state index contributed by atoms with van der Waals surface area (Å²) in [6, 6.07) is 4.39. The third-order valence-corrected chi connectivity index (χ3v) is 4.84. The molecule has 1 saturated carbocycles. The number of ether oxygens (including phenoxy) is 1. The Morgan fingerprint density at radius 2 is 1.96 bits per heavy atom. The largest absolute Gasteiger partial charge is 0.412 e. The van der Waals surface area contributed by atoms with Crippen LogP contribution in [0.15, 0.2) is 18.2 Å². The standard InChI is InChI=1S/C17H20F2N2O3/c18-14-7-13(4-3-11(14)10-21-5-1-2-6-21)17(19)8-12(9-17)15(22)24-16(20)23/h3-4,7,12H,1-2,5-6,8-10H2,(H2,20,23). The van der Waals surface area contributed by atoms with E-state index in [4.69, 9.17) is 5.73 Å². The van der Waals surface area contributed by atoms with Gasteiger partial charge in [0.1, 0.15) is 11.5 Å². The van der Waals surface area contributed by atoms with Crippen molar-refractivity contribution in [1.29, 1.82) is 0 Å². The zero-order valence-electron chi connectivity index (χ0n) is 13.3. The van der Waals surface area contributed by atoms with Crippen LogP contribution in [0.25, 0.3) is 0 Å². The third kappa shape index (κ3) is 3.40. The van der Waals surface area contributed by atoms with Crippen molar-refractivity contribution in [3.8, 4) is 0 Å². The van der Waals surface area contributed by atoms with Gasteiger partial charge in [0.15, 0.2) is 0 Å². The van der Waals surface area contributed by atoms with Gasteiger partial charge in [0.2, 0.25) is 0 Å². The van der Waals surface area contributed by atoms with Gasteiger partial charge in [-0.15, -0.1) is 0 Å². The van der Waals surface area contributed by atoms with Crippen molar-refractivity contribution < 1.29 is 23.1 Å². The Kier molecular flexibility index (Phi) is 4.54. The fourth-order valence-corrected chi connectivity index (χ4v) is 3.44. The molecule has 1 aromatic carbocycles. The second-order valence-electron chi connectivity index (χ2n) is 6.60. The summed E-state index contributed by atoms with van der Waals surface area (Å²) in [5.41, 5.74) is 3.76. The van der Waals surface area contributed by atoms with Gasteiger partial charge in [-0.2, -0.15) is 0 Å². The number of carbonyl (C=O) groups excluding carboxylic acids is 2. The quantitative estimate of drug-likeness (QED) is 0.677. The number of alkyl halides is 1. The van der Waals surface area contributed by atoms with Crippen LogP contribution in [0.4, 0.5) is 13.6 Å². The number of likely N-dealkylation sites (tertiary alicyclic amines) is 1. The van der Waals surface area contributed by atoms with Crippen molar-refractivity contribution in [1.82, 2.24) is 4.90 Å². The molecular weight excluding hydrogens is 318 g/mol. The van der Waals surface area contributed by atoms with Crippen molar-refractivity contribution in [3.63, 3.8) is 0 Å². The minimum atomic E-state index is -1.77.